The molecule has 0 aliphatic carbocycles. The number of hydrogen-bond donors (Lipinski definition) is 1. The van der Waals surface area contributed by atoms with Crippen LogP contribution in [0.4, 0.5) is 0 Å². The van der Waals surface area contributed by atoms with E-state index in [1.807, 2.05) is 0 Å². The predicted octanol–water partition coefficient (Wildman–Crippen LogP) is 1.01. The Hall–Kier alpha value is -0.120. The molecule has 0 bridgehead atoms. The summed E-state index contributed by atoms with van der Waals surface area (Å²) in [6, 6.07) is 0.792. The van der Waals surface area contributed by atoms with E-state index in [9.17, 15) is 0 Å². The van der Waals surface area contributed by atoms with Gasteiger partial charge in [0.05, 0.1) is 0 Å². The Labute approximate surface area is 100 Å². The van der Waals surface area contributed by atoms with E-state index < -0.39 is 0 Å². The van der Waals surface area contributed by atoms with E-state index in [0.717, 1.165) is 12.0 Å². The van der Waals surface area contributed by atoms with Gasteiger partial charge in [-0.05, 0) is 65.3 Å². The van der Waals surface area contributed by atoms with Crippen molar-refractivity contribution in [3.8, 4) is 0 Å². The van der Waals surface area contributed by atoms with E-state index in [2.05, 4.69) is 29.2 Å². The summed E-state index contributed by atoms with van der Waals surface area (Å²) in [5.41, 5.74) is 0. The molecular weight excluding hydrogens is 198 g/mol. The molecule has 0 amide bonds. The highest BCUT2D eigenvalue weighted by Gasteiger charge is 2.23. The molecule has 2 fully saturated rings. The first kappa shape index (κ1) is 12.3. The van der Waals surface area contributed by atoms with Gasteiger partial charge in [-0.2, -0.15) is 0 Å². The number of piperidine rings is 2. The fourth-order valence-corrected chi connectivity index (χ4v) is 3.14. The van der Waals surface area contributed by atoms with Crippen molar-refractivity contribution in [3.63, 3.8) is 0 Å². The van der Waals surface area contributed by atoms with Gasteiger partial charge in [0.25, 0.3) is 0 Å². The van der Waals surface area contributed by atoms with Gasteiger partial charge in [-0.1, -0.05) is 0 Å². The SMILES string of the molecule is CN1CCCC(N(C)CC2CCCNC2)C1. The normalized spacial score (nSPS) is 33.2. The van der Waals surface area contributed by atoms with Crippen molar-refractivity contribution in [1.82, 2.24) is 15.1 Å². The van der Waals surface area contributed by atoms with Gasteiger partial charge < -0.3 is 15.1 Å². The average Bonchev–Trinajstić information content (AvgIpc) is 2.30. The van der Waals surface area contributed by atoms with E-state index in [4.69, 9.17) is 0 Å². The first-order chi connectivity index (χ1) is 7.75. The molecule has 2 aliphatic rings. The fraction of sp³-hybridized carbons (Fsp3) is 1.00. The zero-order chi connectivity index (χ0) is 11.4. The van der Waals surface area contributed by atoms with Crippen molar-refractivity contribution < 1.29 is 0 Å². The zero-order valence-corrected chi connectivity index (χ0v) is 10.9. The summed E-state index contributed by atoms with van der Waals surface area (Å²) < 4.78 is 0. The molecule has 0 spiro atoms. The van der Waals surface area contributed by atoms with Crippen LogP contribution >= 0.6 is 0 Å². The lowest BCUT2D eigenvalue weighted by Crippen LogP contribution is -2.47. The molecule has 0 aromatic carbocycles. The molecule has 16 heavy (non-hydrogen) atoms. The molecule has 2 saturated heterocycles. The van der Waals surface area contributed by atoms with E-state index in [0.29, 0.717) is 0 Å². The van der Waals surface area contributed by atoms with Gasteiger partial charge in [0.15, 0.2) is 0 Å². The Morgan fingerprint density at radius 1 is 1.31 bits per heavy atom. The van der Waals surface area contributed by atoms with Gasteiger partial charge in [0.1, 0.15) is 0 Å². The van der Waals surface area contributed by atoms with Crippen LogP contribution in [0.3, 0.4) is 0 Å². The molecule has 0 aromatic heterocycles. The molecule has 3 nitrogen and oxygen atoms in total. The summed E-state index contributed by atoms with van der Waals surface area (Å²) in [5.74, 6) is 0.881. The standard InChI is InChI=1S/C13H27N3/c1-15-8-4-6-13(11-15)16(2)10-12-5-3-7-14-9-12/h12-14H,3-11H2,1-2H3. The quantitative estimate of drug-likeness (QED) is 0.773. The van der Waals surface area contributed by atoms with Gasteiger partial charge in [-0.15, -0.1) is 0 Å². The van der Waals surface area contributed by atoms with Crippen LogP contribution in [0, 0.1) is 5.92 Å². The van der Waals surface area contributed by atoms with Crippen LogP contribution in [0.1, 0.15) is 25.7 Å². The minimum atomic E-state index is 0.792. The van der Waals surface area contributed by atoms with E-state index in [-0.39, 0.29) is 0 Å². The third-order valence-electron chi connectivity index (χ3n) is 4.17. The first-order valence-corrected chi connectivity index (χ1v) is 6.85. The number of likely N-dealkylation sites (tertiary alicyclic amines) is 1. The highest BCUT2D eigenvalue weighted by molar-refractivity contribution is 4.80. The number of hydrogen-bond acceptors (Lipinski definition) is 3. The molecule has 1 N–H and O–H groups in total. The number of likely N-dealkylation sites (N-methyl/N-ethyl adjacent to an activating group) is 2. The zero-order valence-electron chi connectivity index (χ0n) is 10.9. The summed E-state index contributed by atoms with van der Waals surface area (Å²) >= 11 is 0. The highest BCUT2D eigenvalue weighted by Crippen LogP contribution is 2.17. The number of nitrogens with zero attached hydrogens (tertiary/aromatic N) is 2. The topological polar surface area (TPSA) is 18.5 Å². The first-order valence-electron chi connectivity index (χ1n) is 6.85. The van der Waals surface area contributed by atoms with Gasteiger partial charge in [-0.25, -0.2) is 0 Å². The van der Waals surface area contributed by atoms with Gasteiger partial charge in [0.2, 0.25) is 0 Å². The molecule has 2 heterocycles. The monoisotopic (exact) mass is 225 g/mol. The second-order valence-corrected chi connectivity index (χ2v) is 5.71. The smallest absolute Gasteiger partial charge is 0.0220 e. The Balaban J connectivity index is 1.75. The Bertz CT molecular complexity index is 201. The van der Waals surface area contributed by atoms with Crippen LogP contribution < -0.4 is 5.32 Å². The van der Waals surface area contributed by atoms with Crippen molar-refractivity contribution >= 4 is 0 Å². The van der Waals surface area contributed by atoms with Crippen molar-refractivity contribution in [1.29, 1.82) is 0 Å². The molecule has 0 saturated carbocycles. The van der Waals surface area contributed by atoms with E-state index >= 15 is 0 Å². The van der Waals surface area contributed by atoms with Crippen molar-refractivity contribution in [2.45, 2.75) is 31.7 Å². The number of nitrogens with one attached hydrogen (secondary N) is 1. The molecule has 2 rings (SSSR count). The lowest BCUT2D eigenvalue weighted by molar-refractivity contribution is 0.114. The maximum Gasteiger partial charge on any atom is 0.0220 e. The minimum Gasteiger partial charge on any atom is -0.316 e. The molecule has 0 radical (unpaired) electrons. The van der Waals surface area contributed by atoms with Crippen LogP contribution in [-0.4, -0.2) is 62.7 Å². The van der Waals surface area contributed by atoms with Crippen LogP contribution in [0.25, 0.3) is 0 Å². The van der Waals surface area contributed by atoms with Crippen LogP contribution in [-0.2, 0) is 0 Å². The fourth-order valence-electron chi connectivity index (χ4n) is 3.14. The van der Waals surface area contributed by atoms with Crippen molar-refractivity contribution in [2.75, 3.05) is 46.8 Å². The van der Waals surface area contributed by atoms with Gasteiger partial charge >= 0.3 is 0 Å². The predicted molar refractivity (Wildman–Crippen MR) is 68.7 cm³/mol. The molecule has 2 unspecified atom stereocenters. The van der Waals surface area contributed by atoms with Crippen LogP contribution in [0.5, 0.6) is 0 Å². The highest BCUT2D eigenvalue weighted by atomic mass is 15.2. The summed E-state index contributed by atoms with van der Waals surface area (Å²) in [7, 11) is 4.57. The third-order valence-corrected chi connectivity index (χ3v) is 4.17. The molecular formula is C13H27N3. The molecule has 2 aliphatic heterocycles. The van der Waals surface area contributed by atoms with Gasteiger partial charge in [-0.3, -0.25) is 0 Å². The second kappa shape index (κ2) is 5.99. The Kier molecular flexibility index (Phi) is 4.62. The van der Waals surface area contributed by atoms with Crippen molar-refractivity contribution in [3.05, 3.63) is 0 Å². The number of rotatable bonds is 3. The third kappa shape index (κ3) is 3.44. The van der Waals surface area contributed by atoms with Crippen molar-refractivity contribution in [2.24, 2.45) is 5.92 Å². The Morgan fingerprint density at radius 3 is 2.88 bits per heavy atom. The molecule has 3 heteroatoms. The lowest BCUT2D eigenvalue weighted by Gasteiger charge is -2.38. The maximum absolute atomic E-state index is 3.51. The average molecular weight is 225 g/mol. The second-order valence-electron chi connectivity index (χ2n) is 5.71. The molecule has 2 atom stereocenters. The molecule has 0 aromatic rings. The van der Waals surface area contributed by atoms with Gasteiger partial charge in [0, 0.05) is 19.1 Å². The minimum absolute atomic E-state index is 0.792. The summed E-state index contributed by atoms with van der Waals surface area (Å²) in [6.07, 6.45) is 5.54. The summed E-state index contributed by atoms with van der Waals surface area (Å²) in [4.78, 5) is 5.08. The Morgan fingerprint density at radius 2 is 2.19 bits per heavy atom. The largest absolute Gasteiger partial charge is 0.316 e. The van der Waals surface area contributed by atoms with Crippen LogP contribution in [0.15, 0.2) is 0 Å². The van der Waals surface area contributed by atoms with E-state index in [1.165, 1.54) is 58.4 Å². The summed E-state index contributed by atoms with van der Waals surface area (Å²) in [6.45, 7) is 6.29. The maximum atomic E-state index is 3.51. The lowest BCUT2D eigenvalue weighted by atomic mass is 9.97. The molecule has 94 valence electrons. The van der Waals surface area contributed by atoms with E-state index in [1.54, 1.807) is 0 Å². The summed E-state index contributed by atoms with van der Waals surface area (Å²) in [5, 5.41) is 3.51. The van der Waals surface area contributed by atoms with Crippen LogP contribution in [0.2, 0.25) is 0 Å².